The van der Waals surface area contributed by atoms with Gasteiger partial charge in [-0.2, -0.15) is 0 Å². The number of pyridine rings is 1. The van der Waals surface area contributed by atoms with Gasteiger partial charge in [0.05, 0.1) is 22.5 Å². The maximum absolute atomic E-state index is 14.4. The van der Waals surface area contributed by atoms with Gasteiger partial charge in [-0.25, -0.2) is 23.8 Å². The lowest BCUT2D eigenvalue weighted by molar-refractivity contribution is 0.0924. The highest BCUT2D eigenvalue weighted by Gasteiger charge is 2.19. The maximum Gasteiger partial charge on any atom is 0.198 e. The second kappa shape index (κ2) is 9.47. The van der Waals surface area contributed by atoms with E-state index < -0.39 is 27.4 Å². The van der Waals surface area contributed by atoms with Gasteiger partial charge in [0.25, 0.3) is 0 Å². The molecular weight excluding hydrogens is 452 g/mol. The summed E-state index contributed by atoms with van der Waals surface area (Å²) in [5.74, 6) is -1.11. The fourth-order valence-electron chi connectivity index (χ4n) is 2.71. The first-order valence-corrected chi connectivity index (χ1v) is 12.8. The number of fused-ring (bicyclic) bond motifs is 1. The van der Waals surface area contributed by atoms with E-state index in [0.29, 0.717) is 22.7 Å². The molecule has 5 nitrogen and oxygen atoms in total. The number of nitrogens with zero attached hydrogens (tertiary/aromatic N) is 2. The van der Waals surface area contributed by atoms with Gasteiger partial charge in [-0.15, -0.1) is 0 Å². The lowest BCUT2D eigenvalue weighted by atomic mass is 10.2. The van der Waals surface area contributed by atoms with Crippen molar-refractivity contribution < 1.29 is 18.3 Å². The average molecular weight is 474 g/mol. The van der Waals surface area contributed by atoms with E-state index in [1.54, 1.807) is 10.8 Å². The number of hydrogen-bond donors (Lipinski definition) is 1. The fourth-order valence-corrected chi connectivity index (χ4v) is 3.76. The molecule has 2 heterocycles. The quantitative estimate of drug-likeness (QED) is 0.314. The lowest BCUT2D eigenvalue weighted by Crippen LogP contribution is -2.09. The number of halogens is 3. The van der Waals surface area contributed by atoms with Crippen molar-refractivity contribution in [1.29, 1.82) is 0 Å². The molecule has 0 saturated carbocycles. The van der Waals surface area contributed by atoms with Crippen LogP contribution < -0.4 is 10.1 Å². The number of rotatable bonds is 9. The minimum absolute atomic E-state index is 0.186. The summed E-state index contributed by atoms with van der Waals surface area (Å²) < 4.78 is 41.9. The van der Waals surface area contributed by atoms with Crippen molar-refractivity contribution in [3.05, 3.63) is 47.2 Å². The molecule has 1 N–H and O–H groups in total. The molecule has 162 valence electrons. The van der Waals surface area contributed by atoms with Crippen molar-refractivity contribution >= 4 is 56.1 Å². The number of ether oxygens (including phenoxy) is 2. The Kier molecular flexibility index (Phi) is 7.18. The van der Waals surface area contributed by atoms with Gasteiger partial charge in [0.15, 0.2) is 17.4 Å². The van der Waals surface area contributed by atoms with Crippen molar-refractivity contribution in [3.63, 3.8) is 0 Å². The molecule has 0 atom stereocenters. The first-order chi connectivity index (χ1) is 14.2. The van der Waals surface area contributed by atoms with Crippen molar-refractivity contribution in [1.82, 2.24) is 9.55 Å². The molecule has 0 radical (unpaired) electrons. The van der Waals surface area contributed by atoms with Gasteiger partial charge in [0.2, 0.25) is 0 Å². The predicted molar refractivity (Wildman–Crippen MR) is 125 cm³/mol. The highest BCUT2D eigenvalue weighted by Crippen LogP contribution is 2.38. The molecule has 0 aliphatic carbocycles. The predicted octanol–water partition coefficient (Wildman–Crippen LogP) is 5.80. The van der Waals surface area contributed by atoms with Crippen LogP contribution in [0, 0.1) is 11.6 Å². The molecule has 1 aromatic carbocycles. The minimum atomic E-state index is -0.872. The van der Waals surface area contributed by atoms with Crippen LogP contribution in [0.4, 0.5) is 14.5 Å². The Morgan fingerprint density at radius 1 is 1.27 bits per heavy atom. The molecule has 10 heteroatoms. The Balaban J connectivity index is 1.86. The zero-order valence-corrected chi connectivity index (χ0v) is 19.1. The average Bonchev–Trinajstić information content (AvgIpc) is 2.98. The van der Waals surface area contributed by atoms with E-state index in [0.717, 1.165) is 23.4 Å². The van der Waals surface area contributed by atoms with E-state index in [4.69, 9.17) is 21.1 Å². The summed E-state index contributed by atoms with van der Waals surface area (Å²) in [6.07, 6.45) is 9.82. The van der Waals surface area contributed by atoms with E-state index in [-0.39, 0.29) is 18.2 Å². The van der Waals surface area contributed by atoms with Crippen molar-refractivity contribution in [2.75, 3.05) is 36.4 Å². The topological polar surface area (TPSA) is 48.3 Å². The van der Waals surface area contributed by atoms with Crippen LogP contribution >= 0.6 is 33.8 Å². The summed E-state index contributed by atoms with van der Waals surface area (Å²) in [6, 6.07) is 3.69. The molecule has 0 aliphatic rings. The third-order valence-electron chi connectivity index (χ3n) is 4.18. The monoisotopic (exact) mass is 473 g/mol. The molecule has 3 aromatic rings. The number of hydrogen-bond acceptors (Lipinski definition) is 4. The van der Waals surface area contributed by atoms with Gasteiger partial charge in [-0.05, 0) is 24.8 Å². The molecule has 2 aromatic heterocycles. The summed E-state index contributed by atoms with van der Waals surface area (Å²) in [6.45, 7) is 0.876. The lowest BCUT2D eigenvalue weighted by Gasteiger charge is -2.24. The molecule has 0 fully saturated rings. The Labute approximate surface area is 185 Å². The zero-order valence-electron chi connectivity index (χ0n) is 16.7. The summed E-state index contributed by atoms with van der Waals surface area (Å²) in [7, 11) is -0.651. The first-order valence-electron chi connectivity index (χ1n) is 8.94. The van der Waals surface area contributed by atoms with Crippen LogP contribution in [-0.4, -0.2) is 46.2 Å². The molecule has 30 heavy (non-hydrogen) atoms. The summed E-state index contributed by atoms with van der Waals surface area (Å²) in [5.41, 5.74) is 1.85. The molecule has 0 amide bonds. The summed E-state index contributed by atoms with van der Waals surface area (Å²) in [4.78, 5) is 4.33. The SMILES string of the molecule is CS(C)(C)CCOCn1cc(Cl)c2c(Oc3c(F)cc(NC=S)cc3F)ccnc21. The molecule has 0 aliphatic heterocycles. The molecule has 0 bridgehead atoms. The van der Waals surface area contributed by atoms with Gasteiger partial charge in [-0.1, -0.05) is 23.8 Å². The number of nitrogens with one attached hydrogen (secondary N) is 1. The Bertz CT molecular complexity index is 1050. The molecule has 3 rings (SSSR count). The standard InChI is InChI=1S/C20H22ClF2N3O2S2/c1-30(2,3)7-6-27-12-26-10-14(21)18-17(4-5-24-20(18)26)28-19-15(22)8-13(25-11-29)9-16(19)23/h4-5,8-11H,6-7,12H2,1-3H3,(H,25,29). The van der Waals surface area contributed by atoms with Gasteiger partial charge >= 0.3 is 0 Å². The smallest absolute Gasteiger partial charge is 0.198 e. The third kappa shape index (κ3) is 5.40. The molecule has 0 spiro atoms. The van der Waals surface area contributed by atoms with Gasteiger partial charge < -0.3 is 19.4 Å². The minimum Gasteiger partial charge on any atom is -0.450 e. The maximum atomic E-state index is 14.4. The van der Waals surface area contributed by atoms with Gasteiger partial charge in [-0.3, -0.25) is 0 Å². The number of benzene rings is 1. The second-order valence-electron chi connectivity index (χ2n) is 7.42. The van der Waals surface area contributed by atoms with Gasteiger partial charge in [0, 0.05) is 36.0 Å². The van der Waals surface area contributed by atoms with E-state index in [2.05, 4.69) is 41.3 Å². The van der Waals surface area contributed by atoms with Gasteiger partial charge in [0.1, 0.15) is 18.1 Å². The van der Waals surface area contributed by atoms with Crippen LogP contribution in [0.5, 0.6) is 11.5 Å². The van der Waals surface area contributed by atoms with Crippen LogP contribution in [0.2, 0.25) is 5.02 Å². The highest BCUT2D eigenvalue weighted by molar-refractivity contribution is 8.32. The number of thiocarbonyl (C=S) groups is 1. The van der Waals surface area contributed by atoms with E-state index in [1.807, 2.05) is 0 Å². The Morgan fingerprint density at radius 2 is 1.97 bits per heavy atom. The Hall–Kier alpha value is -1.94. The third-order valence-corrected chi connectivity index (χ3v) is 5.97. The first kappa shape index (κ1) is 22.7. The molecule has 0 unspecified atom stereocenters. The van der Waals surface area contributed by atoms with Crippen molar-refractivity contribution in [3.8, 4) is 11.5 Å². The molecule has 0 saturated heterocycles. The molecular formula is C20H22ClF2N3O2S2. The number of anilines is 1. The van der Waals surface area contributed by atoms with Crippen LogP contribution in [0.1, 0.15) is 0 Å². The summed E-state index contributed by atoms with van der Waals surface area (Å²) >= 11 is 11.0. The fraction of sp³-hybridized carbons (Fsp3) is 0.300. The summed E-state index contributed by atoms with van der Waals surface area (Å²) in [5, 5.41) is 3.36. The van der Waals surface area contributed by atoms with Crippen molar-refractivity contribution in [2.24, 2.45) is 0 Å². The largest absolute Gasteiger partial charge is 0.450 e. The highest BCUT2D eigenvalue weighted by atomic mass is 35.5. The van der Waals surface area contributed by atoms with E-state index in [1.165, 1.54) is 12.3 Å². The van der Waals surface area contributed by atoms with Crippen LogP contribution in [0.3, 0.4) is 0 Å². The second-order valence-corrected chi connectivity index (χ2v) is 12.7. The van der Waals surface area contributed by atoms with Crippen LogP contribution in [-0.2, 0) is 11.5 Å². The van der Waals surface area contributed by atoms with Crippen LogP contribution in [0.15, 0.2) is 30.6 Å². The van der Waals surface area contributed by atoms with E-state index >= 15 is 0 Å². The van der Waals surface area contributed by atoms with Crippen molar-refractivity contribution in [2.45, 2.75) is 6.73 Å². The van der Waals surface area contributed by atoms with Crippen LogP contribution in [0.25, 0.3) is 11.0 Å². The normalized spacial score (nSPS) is 12.2. The Morgan fingerprint density at radius 3 is 2.60 bits per heavy atom. The number of aromatic nitrogens is 2. The van der Waals surface area contributed by atoms with E-state index in [9.17, 15) is 8.78 Å². The zero-order chi connectivity index (χ0) is 21.9.